The Morgan fingerprint density at radius 1 is 1.18 bits per heavy atom. The highest BCUT2D eigenvalue weighted by Gasteiger charge is 2.27. The van der Waals surface area contributed by atoms with Gasteiger partial charge in [0.1, 0.15) is 23.9 Å². The van der Waals surface area contributed by atoms with Crippen LogP contribution in [0.2, 0.25) is 0 Å². The molecule has 0 amide bonds. The van der Waals surface area contributed by atoms with Gasteiger partial charge in [-0.15, -0.1) is 0 Å². The SMILES string of the molecule is NCCc1ccc(OCCOCC(F)(F)F)c(S(N)(=O)=O)c1. The van der Waals surface area contributed by atoms with Crippen LogP contribution in [0.5, 0.6) is 5.75 Å². The van der Waals surface area contributed by atoms with Crippen molar-refractivity contribution in [1.29, 1.82) is 0 Å². The fourth-order valence-electron chi connectivity index (χ4n) is 1.61. The Labute approximate surface area is 126 Å². The Morgan fingerprint density at radius 3 is 2.41 bits per heavy atom. The molecule has 0 radical (unpaired) electrons. The van der Waals surface area contributed by atoms with Crippen LogP contribution in [0.25, 0.3) is 0 Å². The summed E-state index contributed by atoms with van der Waals surface area (Å²) in [5.74, 6) is -0.0427. The fourth-order valence-corrected chi connectivity index (χ4v) is 2.34. The molecule has 6 nitrogen and oxygen atoms in total. The lowest BCUT2D eigenvalue weighted by Crippen LogP contribution is -2.20. The summed E-state index contributed by atoms with van der Waals surface area (Å²) in [6, 6.07) is 4.32. The van der Waals surface area contributed by atoms with Crippen LogP contribution >= 0.6 is 0 Å². The second-order valence-corrected chi connectivity index (χ2v) is 5.91. The molecule has 1 aromatic rings. The predicted molar refractivity (Wildman–Crippen MR) is 72.9 cm³/mol. The number of nitrogens with two attached hydrogens (primary N) is 2. The number of ether oxygens (including phenoxy) is 2. The number of hydrogen-bond acceptors (Lipinski definition) is 5. The van der Waals surface area contributed by atoms with Gasteiger partial charge in [0.05, 0.1) is 6.61 Å². The average Bonchev–Trinajstić information content (AvgIpc) is 2.37. The van der Waals surface area contributed by atoms with Crippen LogP contribution in [0.1, 0.15) is 5.56 Å². The molecule has 126 valence electrons. The number of hydrogen-bond donors (Lipinski definition) is 2. The van der Waals surface area contributed by atoms with Gasteiger partial charge in [-0.05, 0) is 30.7 Å². The summed E-state index contributed by atoms with van der Waals surface area (Å²) < 4.78 is 68.1. The number of sulfonamides is 1. The van der Waals surface area contributed by atoms with Crippen LogP contribution in [-0.4, -0.2) is 41.0 Å². The Kier molecular flexibility index (Phi) is 6.60. The molecule has 1 rings (SSSR count). The number of halogens is 3. The van der Waals surface area contributed by atoms with Gasteiger partial charge in [-0.25, -0.2) is 13.6 Å². The molecule has 22 heavy (non-hydrogen) atoms. The summed E-state index contributed by atoms with van der Waals surface area (Å²) in [5, 5.41) is 5.09. The molecule has 0 heterocycles. The second-order valence-electron chi connectivity index (χ2n) is 4.38. The van der Waals surface area contributed by atoms with Crippen molar-refractivity contribution in [2.75, 3.05) is 26.4 Å². The second kappa shape index (κ2) is 7.77. The molecule has 0 aliphatic carbocycles. The van der Waals surface area contributed by atoms with Gasteiger partial charge < -0.3 is 15.2 Å². The van der Waals surface area contributed by atoms with E-state index in [0.717, 1.165) is 0 Å². The molecule has 4 N–H and O–H groups in total. The summed E-state index contributed by atoms with van der Waals surface area (Å²) >= 11 is 0. The van der Waals surface area contributed by atoms with E-state index in [1.54, 1.807) is 6.07 Å². The monoisotopic (exact) mass is 342 g/mol. The summed E-state index contributed by atoms with van der Waals surface area (Å²) in [6.45, 7) is -1.65. The van der Waals surface area contributed by atoms with E-state index in [4.69, 9.17) is 15.6 Å². The van der Waals surface area contributed by atoms with Crippen LogP contribution in [-0.2, 0) is 21.2 Å². The molecule has 1 aromatic carbocycles. The van der Waals surface area contributed by atoms with E-state index in [-0.39, 0.29) is 23.9 Å². The van der Waals surface area contributed by atoms with E-state index >= 15 is 0 Å². The van der Waals surface area contributed by atoms with E-state index in [1.807, 2.05) is 0 Å². The van der Waals surface area contributed by atoms with Crippen molar-refractivity contribution in [3.63, 3.8) is 0 Å². The maximum atomic E-state index is 11.9. The number of primary sulfonamides is 1. The summed E-state index contributed by atoms with van der Waals surface area (Å²) in [6.07, 6.45) is -3.97. The van der Waals surface area contributed by atoms with E-state index in [9.17, 15) is 21.6 Å². The third-order valence-corrected chi connectivity index (χ3v) is 3.43. The molecule has 0 atom stereocenters. The summed E-state index contributed by atoms with van der Waals surface area (Å²) in [5.41, 5.74) is 6.05. The lowest BCUT2D eigenvalue weighted by molar-refractivity contribution is -0.175. The lowest BCUT2D eigenvalue weighted by Gasteiger charge is -2.12. The first-order chi connectivity index (χ1) is 10.1. The largest absolute Gasteiger partial charge is 0.490 e. The molecule has 0 bridgehead atoms. The van der Waals surface area contributed by atoms with Crippen molar-refractivity contribution in [2.24, 2.45) is 10.9 Å². The van der Waals surface area contributed by atoms with E-state index in [1.165, 1.54) is 12.1 Å². The van der Waals surface area contributed by atoms with Gasteiger partial charge in [-0.2, -0.15) is 13.2 Å². The van der Waals surface area contributed by atoms with Crippen molar-refractivity contribution >= 4 is 10.0 Å². The molecule has 0 aromatic heterocycles. The zero-order chi connectivity index (χ0) is 16.8. The molecule has 0 unspecified atom stereocenters. The van der Waals surface area contributed by atoms with Gasteiger partial charge in [-0.1, -0.05) is 6.07 Å². The standard InChI is InChI=1S/C12H17F3N2O4S/c13-12(14,15)8-20-5-6-21-10-2-1-9(3-4-16)7-11(10)22(17,18)19/h1-2,7H,3-6,8,16H2,(H2,17,18,19). The minimum atomic E-state index is -4.42. The third-order valence-electron chi connectivity index (χ3n) is 2.50. The highest BCUT2D eigenvalue weighted by molar-refractivity contribution is 7.89. The zero-order valence-electron chi connectivity index (χ0n) is 11.6. The molecular weight excluding hydrogens is 325 g/mol. The Hall–Kier alpha value is -1.36. The molecular formula is C12H17F3N2O4S. The van der Waals surface area contributed by atoms with Gasteiger partial charge in [0, 0.05) is 0 Å². The van der Waals surface area contributed by atoms with E-state index in [2.05, 4.69) is 4.74 Å². The molecule has 0 saturated heterocycles. The van der Waals surface area contributed by atoms with Crippen LogP contribution in [0, 0.1) is 0 Å². The number of benzene rings is 1. The molecule has 0 aliphatic heterocycles. The highest BCUT2D eigenvalue weighted by atomic mass is 32.2. The normalized spacial score (nSPS) is 12.4. The first kappa shape index (κ1) is 18.7. The van der Waals surface area contributed by atoms with Gasteiger partial charge in [0.2, 0.25) is 10.0 Å². The molecule has 10 heteroatoms. The van der Waals surface area contributed by atoms with Gasteiger partial charge in [0.25, 0.3) is 0 Å². The van der Waals surface area contributed by atoms with Crippen LogP contribution in [0.3, 0.4) is 0 Å². The number of alkyl halides is 3. The maximum absolute atomic E-state index is 11.9. The van der Waals surface area contributed by atoms with Crippen molar-refractivity contribution in [2.45, 2.75) is 17.5 Å². The molecule has 0 aliphatic rings. The topological polar surface area (TPSA) is 105 Å². The van der Waals surface area contributed by atoms with E-state index < -0.39 is 22.8 Å². The average molecular weight is 342 g/mol. The van der Waals surface area contributed by atoms with Crippen LogP contribution < -0.4 is 15.6 Å². The first-order valence-corrected chi connectivity index (χ1v) is 7.81. The molecule has 0 spiro atoms. The summed E-state index contributed by atoms with van der Waals surface area (Å²) in [7, 11) is -4.03. The minimum Gasteiger partial charge on any atom is -0.490 e. The molecule has 0 saturated carbocycles. The zero-order valence-corrected chi connectivity index (χ0v) is 12.4. The summed E-state index contributed by atoms with van der Waals surface area (Å²) in [4.78, 5) is -0.241. The van der Waals surface area contributed by atoms with Crippen LogP contribution in [0.15, 0.2) is 23.1 Å². The number of rotatable bonds is 8. The van der Waals surface area contributed by atoms with Crippen molar-refractivity contribution in [3.8, 4) is 5.75 Å². The maximum Gasteiger partial charge on any atom is 0.411 e. The Morgan fingerprint density at radius 2 is 1.86 bits per heavy atom. The minimum absolute atomic E-state index is 0.0427. The van der Waals surface area contributed by atoms with Gasteiger partial charge in [0.15, 0.2) is 0 Å². The highest BCUT2D eigenvalue weighted by Crippen LogP contribution is 2.24. The fraction of sp³-hybridized carbons (Fsp3) is 0.500. The van der Waals surface area contributed by atoms with Gasteiger partial charge >= 0.3 is 6.18 Å². The van der Waals surface area contributed by atoms with Crippen molar-refractivity contribution in [1.82, 2.24) is 0 Å². The van der Waals surface area contributed by atoms with Crippen molar-refractivity contribution < 1.29 is 31.1 Å². The predicted octanol–water partition coefficient (Wildman–Crippen LogP) is 0.793. The first-order valence-electron chi connectivity index (χ1n) is 6.26. The van der Waals surface area contributed by atoms with Crippen LogP contribution in [0.4, 0.5) is 13.2 Å². The molecule has 0 fully saturated rings. The van der Waals surface area contributed by atoms with E-state index in [0.29, 0.717) is 18.5 Å². The third kappa shape index (κ3) is 6.60. The smallest absolute Gasteiger partial charge is 0.411 e. The Balaban J connectivity index is 2.70. The van der Waals surface area contributed by atoms with Gasteiger partial charge in [-0.3, -0.25) is 0 Å². The quantitative estimate of drug-likeness (QED) is 0.680. The Bertz CT molecular complexity index is 591. The van der Waals surface area contributed by atoms with Crippen molar-refractivity contribution in [3.05, 3.63) is 23.8 Å². The lowest BCUT2D eigenvalue weighted by atomic mass is 10.1.